The summed E-state index contributed by atoms with van der Waals surface area (Å²) >= 11 is 0. The molecular formula is C15H22N2O. The van der Waals surface area contributed by atoms with E-state index >= 15 is 0 Å². The zero-order chi connectivity index (χ0) is 12.8. The van der Waals surface area contributed by atoms with Crippen LogP contribution in [0.25, 0.3) is 0 Å². The average Bonchev–Trinajstić information content (AvgIpc) is 2.79. The fraction of sp³-hybridized carbons (Fsp3) is 0.600. The summed E-state index contributed by atoms with van der Waals surface area (Å²) in [7, 11) is 2.14. The van der Waals surface area contributed by atoms with Crippen LogP contribution in [0.3, 0.4) is 0 Å². The Morgan fingerprint density at radius 1 is 1.39 bits per heavy atom. The Morgan fingerprint density at radius 3 is 2.89 bits per heavy atom. The van der Waals surface area contributed by atoms with Gasteiger partial charge in [-0.1, -0.05) is 18.2 Å². The molecule has 3 unspecified atom stereocenters. The van der Waals surface area contributed by atoms with Crippen LogP contribution in [0.1, 0.15) is 25.3 Å². The topological polar surface area (TPSA) is 35.5 Å². The van der Waals surface area contributed by atoms with E-state index in [1.54, 1.807) is 0 Å². The van der Waals surface area contributed by atoms with Gasteiger partial charge in [0.05, 0.1) is 11.6 Å². The van der Waals surface area contributed by atoms with Gasteiger partial charge < -0.3 is 15.3 Å². The normalized spacial score (nSPS) is 36.2. The van der Waals surface area contributed by atoms with Crippen LogP contribution in [0.4, 0.5) is 5.69 Å². The van der Waals surface area contributed by atoms with E-state index in [-0.39, 0.29) is 6.04 Å². The van der Waals surface area contributed by atoms with Gasteiger partial charge in [0.25, 0.3) is 0 Å². The molecule has 3 nitrogen and oxygen atoms in total. The molecule has 1 aromatic rings. The number of piperidine rings is 1. The van der Waals surface area contributed by atoms with Gasteiger partial charge in [-0.25, -0.2) is 0 Å². The van der Waals surface area contributed by atoms with E-state index in [9.17, 15) is 5.11 Å². The van der Waals surface area contributed by atoms with E-state index in [1.165, 1.54) is 11.3 Å². The molecule has 1 saturated heterocycles. The van der Waals surface area contributed by atoms with Gasteiger partial charge in [-0.05, 0) is 44.9 Å². The molecule has 0 saturated carbocycles. The maximum absolute atomic E-state index is 10.9. The first kappa shape index (κ1) is 12.0. The number of nitrogens with zero attached hydrogens (tertiary/aromatic N) is 1. The Balaban J connectivity index is 1.77. The van der Waals surface area contributed by atoms with Gasteiger partial charge in [0, 0.05) is 18.3 Å². The van der Waals surface area contributed by atoms with Gasteiger partial charge in [0.1, 0.15) is 0 Å². The minimum atomic E-state index is -0.565. The molecule has 2 aliphatic heterocycles. The van der Waals surface area contributed by atoms with Crippen molar-refractivity contribution in [1.29, 1.82) is 0 Å². The third kappa shape index (κ3) is 1.91. The Hall–Kier alpha value is -1.06. The van der Waals surface area contributed by atoms with Gasteiger partial charge in [-0.15, -0.1) is 0 Å². The summed E-state index contributed by atoms with van der Waals surface area (Å²) in [5.74, 6) is 0. The maximum Gasteiger partial charge on any atom is 0.0877 e. The summed E-state index contributed by atoms with van der Waals surface area (Å²) in [4.78, 5) is 2.33. The highest BCUT2D eigenvalue weighted by atomic mass is 16.3. The summed E-state index contributed by atoms with van der Waals surface area (Å²) in [6, 6.07) is 9.02. The first-order valence-electron chi connectivity index (χ1n) is 6.85. The quantitative estimate of drug-likeness (QED) is 0.794. The predicted molar refractivity (Wildman–Crippen MR) is 73.8 cm³/mol. The number of nitrogens with one attached hydrogen (secondary N) is 1. The van der Waals surface area contributed by atoms with Crippen LogP contribution in [0.5, 0.6) is 0 Å². The Bertz CT molecular complexity index is 423. The van der Waals surface area contributed by atoms with E-state index in [2.05, 4.69) is 48.5 Å². The Morgan fingerprint density at radius 2 is 2.17 bits per heavy atom. The largest absolute Gasteiger partial charge is 0.388 e. The third-order valence-corrected chi connectivity index (χ3v) is 4.72. The molecule has 1 aromatic carbocycles. The summed E-state index contributed by atoms with van der Waals surface area (Å²) in [6.07, 6.45) is 2.66. The van der Waals surface area contributed by atoms with Crippen molar-refractivity contribution in [1.82, 2.24) is 4.90 Å². The number of aliphatic hydroxyl groups is 1. The Labute approximate surface area is 109 Å². The van der Waals surface area contributed by atoms with Gasteiger partial charge in [0.2, 0.25) is 0 Å². The molecular weight excluding hydrogens is 224 g/mol. The van der Waals surface area contributed by atoms with Crippen molar-refractivity contribution in [2.24, 2.45) is 0 Å². The molecule has 0 spiro atoms. The van der Waals surface area contributed by atoms with Gasteiger partial charge >= 0.3 is 0 Å². The van der Waals surface area contributed by atoms with E-state index in [0.29, 0.717) is 6.04 Å². The fourth-order valence-corrected chi connectivity index (χ4v) is 3.30. The number of hydrogen-bond donors (Lipinski definition) is 2. The van der Waals surface area contributed by atoms with Crippen LogP contribution in [0, 0.1) is 0 Å². The van der Waals surface area contributed by atoms with Crippen LogP contribution in [-0.4, -0.2) is 41.3 Å². The predicted octanol–water partition coefficient (Wildman–Crippen LogP) is 1.87. The zero-order valence-corrected chi connectivity index (χ0v) is 11.2. The molecule has 2 heterocycles. The number of hydrogen-bond acceptors (Lipinski definition) is 3. The van der Waals surface area contributed by atoms with Crippen LogP contribution in [0.15, 0.2) is 24.3 Å². The maximum atomic E-state index is 10.9. The van der Waals surface area contributed by atoms with Crippen molar-refractivity contribution < 1.29 is 5.11 Å². The average molecular weight is 246 g/mol. The second-order valence-corrected chi connectivity index (χ2v) is 5.95. The zero-order valence-electron chi connectivity index (χ0n) is 11.2. The standard InChI is InChI=1S/C15H22N2O/c1-11-10-15(18,7-8-17(11)2)14-9-12-5-3-4-6-13(12)16-14/h3-6,11,14,16,18H,7-10H2,1-2H3. The van der Waals surface area contributed by atoms with Crippen molar-refractivity contribution in [3.05, 3.63) is 29.8 Å². The molecule has 2 N–H and O–H groups in total. The number of likely N-dealkylation sites (tertiary alicyclic amines) is 1. The number of fused-ring (bicyclic) bond motifs is 1. The van der Waals surface area contributed by atoms with Crippen molar-refractivity contribution in [3.8, 4) is 0 Å². The lowest BCUT2D eigenvalue weighted by Gasteiger charge is -2.44. The molecule has 0 radical (unpaired) electrons. The molecule has 18 heavy (non-hydrogen) atoms. The molecule has 0 aromatic heterocycles. The monoisotopic (exact) mass is 246 g/mol. The van der Waals surface area contributed by atoms with Crippen LogP contribution in [-0.2, 0) is 6.42 Å². The summed E-state index contributed by atoms with van der Waals surface area (Å²) in [6.45, 7) is 3.18. The minimum Gasteiger partial charge on any atom is -0.388 e. The molecule has 3 heteroatoms. The molecule has 0 amide bonds. The summed E-state index contributed by atoms with van der Waals surface area (Å²) < 4.78 is 0. The summed E-state index contributed by atoms with van der Waals surface area (Å²) in [5.41, 5.74) is 1.97. The van der Waals surface area contributed by atoms with Crippen LogP contribution < -0.4 is 5.32 Å². The van der Waals surface area contributed by atoms with Gasteiger partial charge in [0.15, 0.2) is 0 Å². The highest BCUT2D eigenvalue weighted by molar-refractivity contribution is 5.57. The second kappa shape index (κ2) is 4.25. The van der Waals surface area contributed by atoms with Crippen LogP contribution in [0.2, 0.25) is 0 Å². The lowest BCUT2D eigenvalue weighted by atomic mass is 9.80. The first-order valence-corrected chi connectivity index (χ1v) is 6.85. The number of benzene rings is 1. The molecule has 0 bridgehead atoms. The number of para-hydroxylation sites is 1. The first-order chi connectivity index (χ1) is 8.58. The molecule has 98 valence electrons. The van der Waals surface area contributed by atoms with Crippen molar-refractivity contribution in [2.45, 2.75) is 43.9 Å². The molecule has 1 fully saturated rings. The van der Waals surface area contributed by atoms with Crippen molar-refractivity contribution in [3.63, 3.8) is 0 Å². The highest BCUT2D eigenvalue weighted by Crippen LogP contribution is 2.37. The van der Waals surface area contributed by atoms with E-state index < -0.39 is 5.60 Å². The van der Waals surface area contributed by atoms with Crippen molar-refractivity contribution in [2.75, 3.05) is 18.9 Å². The lowest BCUT2D eigenvalue weighted by molar-refractivity contribution is -0.0480. The molecule has 3 rings (SSSR count). The third-order valence-electron chi connectivity index (χ3n) is 4.72. The number of rotatable bonds is 1. The smallest absolute Gasteiger partial charge is 0.0877 e. The van der Waals surface area contributed by atoms with E-state index in [0.717, 1.165) is 25.8 Å². The fourth-order valence-electron chi connectivity index (χ4n) is 3.30. The van der Waals surface area contributed by atoms with Crippen molar-refractivity contribution >= 4 is 5.69 Å². The van der Waals surface area contributed by atoms with Gasteiger partial charge in [-0.2, -0.15) is 0 Å². The Kier molecular flexibility index (Phi) is 2.83. The van der Waals surface area contributed by atoms with Gasteiger partial charge in [-0.3, -0.25) is 0 Å². The molecule has 2 aliphatic rings. The lowest BCUT2D eigenvalue weighted by Crippen LogP contribution is -2.55. The van der Waals surface area contributed by atoms with E-state index in [1.807, 2.05) is 0 Å². The number of anilines is 1. The minimum absolute atomic E-state index is 0.172. The van der Waals surface area contributed by atoms with Crippen LogP contribution >= 0.6 is 0 Å². The summed E-state index contributed by atoms with van der Waals surface area (Å²) in [5, 5.41) is 14.5. The molecule has 3 atom stereocenters. The SMILES string of the molecule is CC1CC(O)(C2Cc3ccccc3N2)CCN1C. The molecule has 0 aliphatic carbocycles. The highest BCUT2D eigenvalue weighted by Gasteiger charge is 2.43. The van der Waals surface area contributed by atoms with E-state index in [4.69, 9.17) is 0 Å². The second-order valence-electron chi connectivity index (χ2n) is 5.95.